The highest BCUT2D eigenvalue weighted by atomic mass is 19.4. The fourth-order valence-electron chi connectivity index (χ4n) is 2.02. The zero-order valence-corrected chi connectivity index (χ0v) is 8.64. The number of rotatable bonds is 1. The number of nitrogens with one attached hydrogen (secondary N) is 1. The predicted octanol–water partition coefficient (Wildman–Crippen LogP) is 2.71. The molecule has 0 aliphatic carbocycles. The van der Waals surface area contributed by atoms with Gasteiger partial charge in [0.15, 0.2) is 0 Å². The van der Waals surface area contributed by atoms with Gasteiger partial charge in [0.05, 0.1) is 5.56 Å². The molecule has 1 heterocycles. The van der Waals surface area contributed by atoms with Gasteiger partial charge in [0.1, 0.15) is 0 Å². The van der Waals surface area contributed by atoms with Gasteiger partial charge >= 0.3 is 6.18 Å². The maximum atomic E-state index is 12.4. The Bertz CT molecular complexity index is 381. The molecule has 1 aromatic rings. The average molecular weight is 230 g/mol. The zero-order valence-electron chi connectivity index (χ0n) is 8.64. The van der Waals surface area contributed by atoms with E-state index in [1.807, 2.05) is 0 Å². The number of anilines is 1. The molecule has 1 aliphatic heterocycles. The normalized spacial score (nSPS) is 21.3. The molecular weight excluding hydrogens is 217 g/mol. The number of nitrogens with two attached hydrogens (primary N) is 1. The van der Waals surface area contributed by atoms with Crippen LogP contribution in [0, 0.1) is 0 Å². The van der Waals surface area contributed by atoms with Crippen LogP contribution in [0.25, 0.3) is 0 Å². The summed E-state index contributed by atoms with van der Waals surface area (Å²) < 4.78 is 37.2. The van der Waals surface area contributed by atoms with E-state index < -0.39 is 11.7 Å². The molecule has 16 heavy (non-hydrogen) atoms. The molecule has 0 radical (unpaired) electrons. The number of hydrogen-bond acceptors (Lipinski definition) is 2. The Hall–Kier alpha value is -1.23. The van der Waals surface area contributed by atoms with Crippen LogP contribution in [-0.2, 0) is 6.18 Å². The first kappa shape index (κ1) is 11.3. The van der Waals surface area contributed by atoms with Crippen LogP contribution < -0.4 is 11.1 Å². The third kappa shape index (κ3) is 2.14. The smallest absolute Gasteiger partial charge is 0.398 e. The molecule has 88 valence electrons. The monoisotopic (exact) mass is 230 g/mol. The molecule has 0 spiro atoms. The van der Waals surface area contributed by atoms with E-state index in [0.29, 0.717) is 0 Å². The van der Waals surface area contributed by atoms with Crippen molar-refractivity contribution in [3.8, 4) is 0 Å². The molecule has 0 amide bonds. The van der Waals surface area contributed by atoms with E-state index in [1.54, 1.807) is 0 Å². The van der Waals surface area contributed by atoms with E-state index in [9.17, 15) is 13.2 Å². The van der Waals surface area contributed by atoms with Gasteiger partial charge < -0.3 is 11.1 Å². The number of alkyl halides is 3. The lowest BCUT2D eigenvalue weighted by Gasteiger charge is -2.15. The molecule has 0 saturated carbocycles. The summed E-state index contributed by atoms with van der Waals surface area (Å²) in [6.45, 7) is 0.894. The van der Waals surface area contributed by atoms with Crippen molar-refractivity contribution in [1.82, 2.24) is 5.32 Å². The molecule has 1 fully saturated rings. The van der Waals surface area contributed by atoms with Crippen molar-refractivity contribution in [3.05, 3.63) is 29.3 Å². The Morgan fingerprint density at radius 2 is 2.06 bits per heavy atom. The first-order valence-corrected chi connectivity index (χ1v) is 5.18. The SMILES string of the molecule is Nc1cc(C(F)(F)F)ccc1[C@H]1CCCN1. The van der Waals surface area contributed by atoms with E-state index in [4.69, 9.17) is 5.73 Å². The van der Waals surface area contributed by atoms with Crippen molar-refractivity contribution in [2.45, 2.75) is 25.1 Å². The lowest BCUT2D eigenvalue weighted by molar-refractivity contribution is -0.137. The van der Waals surface area contributed by atoms with Crippen LogP contribution in [0.1, 0.15) is 30.0 Å². The van der Waals surface area contributed by atoms with Gasteiger partial charge in [0.2, 0.25) is 0 Å². The second-order valence-corrected chi connectivity index (χ2v) is 3.99. The third-order valence-corrected chi connectivity index (χ3v) is 2.85. The standard InChI is InChI=1S/C11H13F3N2/c12-11(13,14)7-3-4-8(9(15)6-7)10-2-1-5-16-10/h3-4,6,10,16H,1-2,5,15H2/t10-/m1/s1. The summed E-state index contributed by atoms with van der Waals surface area (Å²) in [6, 6.07) is 3.67. The van der Waals surface area contributed by atoms with Crippen LogP contribution in [0.3, 0.4) is 0 Å². The van der Waals surface area contributed by atoms with Crippen LogP contribution in [-0.4, -0.2) is 6.54 Å². The number of nitrogen functional groups attached to an aromatic ring is 1. The van der Waals surface area contributed by atoms with Crippen LogP contribution in [0.5, 0.6) is 0 Å². The van der Waals surface area contributed by atoms with Crippen molar-refractivity contribution in [2.24, 2.45) is 0 Å². The Kier molecular flexibility index (Phi) is 2.80. The van der Waals surface area contributed by atoms with Crippen LogP contribution >= 0.6 is 0 Å². The second kappa shape index (κ2) is 3.97. The van der Waals surface area contributed by atoms with Crippen molar-refractivity contribution >= 4 is 5.69 Å². The first-order valence-electron chi connectivity index (χ1n) is 5.18. The second-order valence-electron chi connectivity index (χ2n) is 3.99. The molecule has 2 rings (SSSR count). The molecule has 5 heteroatoms. The summed E-state index contributed by atoms with van der Waals surface area (Å²) in [4.78, 5) is 0. The molecule has 1 aromatic carbocycles. The molecule has 1 atom stereocenters. The van der Waals surface area contributed by atoms with Crippen molar-refractivity contribution in [2.75, 3.05) is 12.3 Å². The summed E-state index contributed by atoms with van der Waals surface area (Å²) in [5, 5.41) is 3.21. The van der Waals surface area contributed by atoms with E-state index in [-0.39, 0.29) is 11.7 Å². The van der Waals surface area contributed by atoms with Gasteiger partial charge in [-0.3, -0.25) is 0 Å². The molecule has 1 aliphatic rings. The Balaban J connectivity index is 2.29. The summed E-state index contributed by atoms with van der Waals surface area (Å²) in [6.07, 6.45) is -2.36. The average Bonchev–Trinajstić information content (AvgIpc) is 2.69. The minimum absolute atomic E-state index is 0.0993. The Morgan fingerprint density at radius 3 is 2.56 bits per heavy atom. The lowest BCUT2D eigenvalue weighted by atomic mass is 10.0. The Labute approximate surface area is 91.6 Å². The zero-order chi connectivity index (χ0) is 11.8. The lowest BCUT2D eigenvalue weighted by Crippen LogP contribution is -2.15. The first-order chi connectivity index (χ1) is 7.48. The summed E-state index contributed by atoms with van der Waals surface area (Å²) in [7, 11) is 0. The summed E-state index contributed by atoms with van der Waals surface area (Å²) >= 11 is 0. The largest absolute Gasteiger partial charge is 0.416 e. The van der Waals surface area contributed by atoms with Gasteiger partial charge in [0.25, 0.3) is 0 Å². The highest BCUT2D eigenvalue weighted by Gasteiger charge is 2.31. The van der Waals surface area contributed by atoms with Gasteiger partial charge in [-0.15, -0.1) is 0 Å². The van der Waals surface area contributed by atoms with E-state index in [2.05, 4.69) is 5.32 Å². The van der Waals surface area contributed by atoms with Gasteiger partial charge in [-0.05, 0) is 37.1 Å². The summed E-state index contributed by atoms with van der Waals surface area (Å²) in [5.74, 6) is 0. The molecule has 0 aromatic heterocycles. The molecule has 1 saturated heterocycles. The topological polar surface area (TPSA) is 38.0 Å². The Morgan fingerprint density at radius 1 is 1.31 bits per heavy atom. The quantitative estimate of drug-likeness (QED) is 0.728. The van der Waals surface area contributed by atoms with Crippen molar-refractivity contribution in [3.63, 3.8) is 0 Å². The maximum Gasteiger partial charge on any atom is 0.416 e. The molecule has 0 bridgehead atoms. The van der Waals surface area contributed by atoms with Gasteiger partial charge in [0, 0.05) is 11.7 Å². The minimum atomic E-state index is -4.32. The van der Waals surface area contributed by atoms with Crippen LogP contribution in [0.15, 0.2) is 18.2 Å². The van der Waals surface area contributed by atoms with E-state index in [1.165, 1.54) is 6.07 Å². The number of halogens is 3. The van der Waals surface area contributed by atoms with Crippen molar-refractivity contribution in [1.29, 1.82) is 0 Å². The fourth-order valence-corrected chi connectivity index (χ4v) is 2.02. The highest BCUT2D eigenvalue weighted by Crippen LogP contribution is 2.34. The predicted molar refractivity (Wildman–Crippen MR) is 55.8 cm³/mol. The van der Waals surface area contributed by atoms with Gasteiger partial charge in [-0.25, -0.2) is 0 Å². The molecule has 3 N–H and O–H groups in total. The van der Waals surface area contributed by atoms with Gasteiger partial charge in [-0.2, -0.15) is 13.2 Å². The van der Waals surface area contributed by atoms with E-state index >= 15 is 0 Å². The van der Waals surface area contributed by atoms with Crippen LogP contribution in [0.2, 0.25) is 0 Å². The highest BCUT2D eigenvalue weighted by molar-refractivity contribution is 5.51. The fraction of sp³-hybridized carbons (Fsp3) is 0.455. The van der Waals surface area contributed by atoms with Crippen molar-refractivity contribution < 1.29 is 13.2 Å². The van der Waals surface area contributed by atoms with E-state index in [0.717, 1.165) is 37.1 Å². The maximum absolute atomic E-state index is 12.4. The number of benzene rings is 1. The third-order valence-electron chi connectivity index (χ3n) is 2.85. The molecular formula is C11H13F3N2. The molecule has 2 nitrogen and oxygen atoms in total. The summed E-state index contributed by atoms with van der Waals surface area (Å²) in [5.41, 5.74) is 5.96. The van der Waals surface area contributed by atoms with Crippen LogP contribution in [0.4, 0.5) is 18.9 Å². The minimum Gasteiger partial charge on any atom is -0.398 e. The molecule has 0 unspecified atom stereocenters. The van der Waals surface area contributed by atoms with Gasteiger partial charge in [-0.1, -0.05) is 6.07 Å². The number of hydrogen-bond donors (Lipinski definition) is 2.